The molecule has 0 saturated carbocycles. The fraction of sp³-hybridized carbons (Fsp3) is 0.292. The number of nitrogens with one attached hydrogen (secondary N) is 4. The van der Waals surface area contributed by atoms with E-state index in [0.717, 1.165) is 59.6 Å². The van der Waals surface area contributed by atoms with E-state index in [1.807, 2.05) is 37.3 Å². The molecule has 0 unspecified atom stereocenters. The number of carbonyl (C=O) groups excluding carboxylic acids is 1. The number of aryl methyl sites for hydroxylation is 1. The van der Waals surface area contributed by atoms with E-state index in [4.69, 9.17) is 0 Å². The van der Waals surface area contributed by atoms with Crippen LogP contribution in [0, 0.1) is 12.8 Å². The third kappa shape index (κ3) is 4.68. The first-order valence-corrected chi connectivity index (χ1v) is 11.1. The molecule has 4 aromatic rings. The van der Waals surface area contributed by atoms with Gasteiger partial charge in [-0.25, -0.2) is 19.9 Å². The van der Waals surface area contributed by atoms with E-state index >= 15 is 0 Å². The molecule has 0 aliphatic carbocycles. The Bertz CT molecular complexity index is 1280. The van der Waals surface area contributed by atoms with Gasteiger partial charge in [-0.05, 0) is 68.6 Å². The van der Waals surface area contributed by atoms with Crippen LogP contribution < -0.4 is 16.0 Å². The maximum Gasteiger partial charge on any atom is 0.224 e. The van der Waals surface area contributed by atoms with Crippen molar-refractivity contribution in [1.29, 1.82) is 0 Å². The molecule has 168 valence electrons. The van der Waals surface area contributed by atoms with E-state index in [2.05, 4.69) is 40.9 Å². The molecule has 4 N–H and O–H groups in total. The minimum atomic E-state index is 0.0536. The van der Waals surface area contributed by atoms with Crippen molar-refractivity contribution in [1.82, 2.24) is 30.2 Å². The van der Waals surface area contributed by atoms with Gasteiger partial charge < -0.3 is 20.9 Å². The van der Waals surface area contributed by atoms with E-state index in [1.54, 1.807) is 12.5 Å². The lowest BCUT2D eigenvalue weighted by atomic mass is 9.94. The molecule has 33 heavy (non-hydrogen) atoms. The van der Waals surface area contributed by atoms with Crippen molar-refractivity contribution in [2.24, 2.45) is 5.92 Å². The fourth-order valence-corrected chi connectivity index (χ4v) is 4.19. The zero-order valence-corrected chi connectivity index (χ0v) is 18.4. The van der Waals surface area contributed by atoms with Gasteiger partial charge in [0.1, 0.15) is 23.4 Å². The van der Waals surface area contributed by atoms with Gasteiger partial charge in [-0.2, -0.15) is 0 Å². The second-order valence-corrected chi connectivity index (χ2v) is 8.32. The molecule has 1 saturated heterocycles. The number of imidazole rings is 1. The smallest absolute Gasteiger partial charge is 0.224 e. The van der Waals surface area contributed by atoms with E-state index < -0.39 is 0 Å². The molecule has 4 heterocycles. The predicted octanol–water partition coefficient (Wildman–Crippen LogP) is 3.80. The van der Waals surface area contributed by atoms with E-state index in [0.29, 0.717) is 23.8 Å². The number of carbonyl (C=O) groups is 1. The van der Waals surface area contributed by atoms with Gasteiger partial charge in [-0.3, -0.25) is 4.79 Å². The number of nitrogens with zero attached hydrogens (tertiary/aromatic N) is 4. The third-order valence-corrected chi connectivity index (χ3v) is 5.99. The SMILES string of the molecule is Cc1ccc(NC(=O)CC2CCNCC2)cc1Nc1ncccc1-c1ncnc2nc[nH]c12. The number of hydrogen-bond donors (Lipinski definition) is 4. The molecule has 1 aliphatic heterocycles. The number of aromatic nitrogens is 5. The zero-order valence-electron chi connectivity index (χ0n) is 18.4. The van der Waals surface area contributed by atoms with Crippen LogP contribution in [0.3, 0.4) is 0 Å². The second-order valence-electron chi connectivity index (χ2n) is 8.32. The number of aromatic amines is 1. The molecule has 9 nitrogen and oxygen atoms in total. The average Bonchev–Trinajstić information content (AvgIpc) is 3.31. The lowest BCUT2D eigenvalue weighted by molar-refractivity contribution is -0.117. The average molecular weight is 443 g/mol. The summed E-state index contributed by atoms with van der Waals surface area (Å²) in [4.78, 5) is 33.1. The maximum atomic E-state index is 12.6. The largest absolute Gasteiger partial charge is 0.341 e. The summed E-state index contributed by atoms with van der Waals surface area (Å²) in [6.07, 6.45) is 7.48. The summed E-state index contributed by atoms with van der Waals surface area (Å²) < 4.78 is 0. The maximum absolute atomic E-state index is 12.6. The number of anilines is 3. The Morgan fingerprint density at radius 1 is 1.12 bits per heavy atom. The van der Waals surface area contributed by atoms with Gasteiger partial charge in [0.25, 0.3) is 0 Å². The predicted molar refractivity (Wildman–Crippen MR) is 128 cm³/mol. The quantitative estimate of drug-likeness (QED) is 0.358. The Kier molecular flexibility index (Phi) is 5.95. The summed E-state index contributed by atoms with van der Waals surface area (Å²) in [5, 5.41) is 9.82. The molecule has 5 rings (SSSR count). The van der Waals surface area contributed by atoms with Gasteiger partial charge in [0, 0.05) is 29.6 Å². The first-order valence-electron chi connectivity index (χ1n) is 11.1. The highest BCUT2D eigenvalue weighted by Gasteiger charge is 2.18. The number of rotatable bonds is 6. The lowest BCUT2D eigenvalue weighted by Crippen LogP contribution is -2.30. The molecule has 0 spiro atoms. The van der Waals surface area contributed by atoms with Gasteiger partial charge >= 0.3 is 0 Å². The van der Waals surface area contributed by atoms with Crippen LogP contribution in [-0.2, 0) is 4.79 Å². The molecule has 0 atom stereocenters. The molecule has 3 aromatic heterocycles. The van der Waals surface area contributed by atoms with Crippen LogP contribution in [0.2, 0.25) is 0 Å². The Morgan fingerprint density at radius 3 is 2.88 bits per heavy atom. The van der Waals surface area contributed by atoms with Crippen molar-refractivity contribution >= 4 is 34.3 Å². The number of amides is 1. The second kappa shape index (κ2) is 9.33. The molecule has 0 bridgehead atoms. The molecule has 0 radical (unpaired) electrons. The number of hydrogen-bond acceptors (Lipinski definition) is 7. The van der Waals surface area contributed by atoms with E-state index in [9.17, 15) is 4.79 Å². The van der Waals surface area contributed by atoms with Gasteiger partial charge in [0.15, 0.2) is 5.65 Å². The lowest BCUT2D eigenvalue weighted by Gasteiger charge is -2.22. The third-order valence-electron chi connectivity index (χ3n) is 5.99. The van der Waals surface area contributed by atoms with Gasteiger partial charge in [-0.1, -0.05) is 6.07 Å². The van der Waals surface area contributed by atoms with Crippen molar-refractivity contribution in [3.63, 3.8) is 0 Å². The van der Waals surface area contributed by atoms with Crippen molar-refractivity contribution < 1.29 is 4.79 Å². The number of H-pyrrole nitrogens is 1. The Balaban J connectivity index is 1.38. The minimum absolute atomic E-state index is 0.0536. The van der Waals surface area contributed by atoms with Gasteiger partial charge in [0.05, 0.1) is 6.33 Å². The summed E-state index contributed by atoms with van der Waals surface area (Å²) >= 11 is 0. The number of benzene rings is 1. The Labute approximate surface area is 191 Å². The number of pyridine rings is 1. The molecule has 9 heteroatoms. The summed E-state index contributed by atoms with van der Waals surface area (Å²) in [7, 11) is 0. The number of fused-ring (bicyclic) bond motifs is 1. The van der Waals surface area contributed by atoms with Crippen LogP contribution in [-0.4, -0.2) is 43.9 Å². The highest BCUT2D eigenvalue weighted by molar-refractivity contribution is 5.93. The molecular weight excluding hydrogens is 416 g/mol. The minimum Gasteiger partial charge on any atom is -0.341 e. The van der Waals surface area contributed by atoms with Crippen molar-refractivity contribution in [2.45, 2.75) is 26.2 Å². The molecular formula is C24H26N8O. The first kappa shape index (κ1) is 21.0. The zero-order chi connectivity index (χ0) is 22.6. The molecule has 1 aromatic carbocycles. The van der Waals surface area contributed by atoms with Crippen molar-refractivity contribution in [3.8, 4) is 11.3 Å². The normalized spacial score (nSPS) is 14.3. The van der Waals surface area contributed by atoms with E-state index in [1.165, 1.54) is 6.33 Å². The van der Waals surface area contributed by atoms with E-state index in [-0.39, 0.29) is 5.91 Å². The fourth-order valence-electron chi connectivity index (χ4n) is 4.19. The van der Waals surface area contributed by atoms with Gasteiger partial charge in [0.2, 0.25) is 5.91 Å². The molecule has 1 aliphatic rings. The van der Waals surface area contributed by atoms with Gasteiger partial charge in [-0.15, -0.1) is 0 Å². The first-order chi connectivity index (χ1) is 16.2. The summed E-state index contributed by atoms with van der Waals surface area (Å²) in [5.74, 6) is 1.16. The van der Waals surface area contributed by atoms with Crippen LogP contribution >= 0.6 is 0 Å². The van der Waals surface area contributed by atoms with Crippen LogP contribution in [0.25, 0.3) is 22.4 Å². The highest BCUT2D eigenvalue weighted by Crippen LogP contribution is 2.32. The molecule has 1 fully saturated rings. The summed E-state index contributed by atoms with van der Waals surface area (Å²) in [6.45, 7) is 3.99. The summed E-state index contributed by atoms with van der Waals surface area (Å²) in [6, 6.07) is 9.69. The highest BCUT2D eigenvalue weighted by atomic mass is 16.1. The van der Waals surface area contributed by atoms with Crippen molar-refractivity contribution in [2.75, 3.05) is 23.7 Å². The summed E-state index contributed by atoms with van der Waals surface area (Å²) in [5.41, 5.74) is 5.57. The van der Waals surface area contributed by atoms with Crippen LogP contribution in [0.15, 0.2) is 49.2 Å². The van der Waals surface area contributed by atoms with Crippen LogP contribution in [0.5, 0.6) is 0 Å². The monoisotopic (exact) mass is 442 g/mol. The standard InChI is InChI=1S/C24H26N8O/c1-15-4-5-17(31-20(33)11-16-6-9-25-10-7-16)12-19(15)32-23-18(3-2-8-26-23)21-22-24(29-13-27-21)30-14-28-22/h2-5,8,12-14,16,25H,6-7,9-11H2,1H3,(H,26,32)(H,31,33)(H,27,28,29,30). The topological polar surface area (TPSA) is 121 Å². The molecule has 1 amide bonds. The van der Waals surface area contributed by atoms with Crippen molar-refractivity contribution in [3.05, 3.63) is 54.7 Å². The van der Waals surface area contributed by atoms with Crippen LogP contribution in [0.1, 0.15) is 24.8 Å². The van der Waals surface area contributed by atoms with Crippen LogP contribution in [0.4, 0.5) is 17.2 Å². The number of piperidine rings is 1. The Morgan fingerprint density at radius 2 is 2.00 bits per heavy atom. The Hall–Kier alpha value is -3.85.